The van der Waals surface area contributed by atoms with Gasteiger partial charge in [0.1, 0.15) is 0 Å². The Hall–Kier alpha value is -1.68. The summed E-state index contributed by atoms with van der Waals surface area (Å²) in [6, 6.07) is 6.08. The number of carbonyl (C=O) groups is 1. The lowest BCUT2D eigenvalue weighted by molar-refractivity contribution is -0.116. The quantitative estimate of drug-likeness (QED) is 0.886. The van der Waals surface area contributed by atoms with Gasteiger partial charge in [-0.1, -0.05) is 19.9 Å². The molecule has 2 aromatic rings. The van der Waals surface area contributed by atoms with Crippen molar-refractivity contribution in [2.24, 2.45) is 0 Å². The molecule has 2 rings (SSSR count). The predicted octanol–water partition coefficient (Wildman–Crippen LogP) is 4.45. The molecule has 1 N–H and O–H groups in total. The third-order valence-corrected chi connectivity index (χ3v) is 4.16. The first kappa shape index (κ1) is 15.7. The summed E-state index contributed by atoms with van der Waals surface area (Å²) in [7, 11) is 0. The van der Waals surface area contributed by atoms with Crippen LogP contribution in [0.15, 0.2) is 23.6 Å². The number of anilines is 1. The number of amides is 1. The van der Waals surface area contributed by atoms with E-state index >= 15 is 0 Å². The van der Waals surface area contributed by atoms with Gasteiger partial charge in [0.15, 0.2) is 0 Å². The second-order valence-corrected chi connectivity index (χ2v) is 6.69. The van der Waals surface area contributed by atoms with Crippen molar-refractivity contribution in [1.82, 2.24) is 4.98 Å². The zero-order valence-electron chi connectivity index (χ0n) is 13.1. The highest BCUT2D eigenvalue weighted by atomic mass is 32.1. The Morgan fingerprint density at radius 2 is 1.90 bits per heavy atom. The molecule has 0 saturated heterocycles. The van der Waals surface area contributed by atoms with Crippen LogP contribution in [0.4, 0.5) is 5.69 Å². The molecule has 0 fully saturated rings. The average Bonchev–Trinajstić information content (AvgIpc) is 2.84. The topological polar surface area (TPSA) is 42.0 Å². The third kappa shape index (κ3) is 4.67. The summed E-state index contributed by atoms with van der Waals surface area (Å²) >= 11 is 1.64. The van der Waals surface area contributed by atoms with Crippen LogP contribution in [0.1, 0.15) is 48.0 Å². The molecule has 112 valence electrons. The zero-order chi connectivity index (χ0) is 15.4. The van der Waals surface area contributed by atoms with E-state index in [4.69, 9.17) is 0 Å². The van der Waals surface area contributed by atoms with Gasteiger partial charge in [-0.15, -0.1) is 11.3 Å². The highest BCUT2D eigenvalue weighted by molar-refractivity contribution is 7.09. The molecule has 0 unspecified atom stereocenters. The number of aryl methyl sites for hydroxylation is 3. The highest BCUT2D eigenvalue weighted by Crippen LogP contribution is 2.19. The number of aromatic nitrogens is 1. The van der Waals surface area contributed by atoms with E-state index in [-0.39, 0.29) is 5.91 Å². The molecule has 0 atom stereocenters. The Morgan fingerprint density at radius 1 is 1.24 bits per heavy atom. The SMILES string of the molecule is Cc1cc(C)cc(NC(=O)CCc2nc(C(C)C)cs2)c1. The number of hydrogen-bond donors (Lipinski definition) is 1. The van der Waals surface area contributed by atoms with Gasteiger partial charge in [-0.05, 0) is 43.0 Å². The van der Waals surface area contributed by atoms with E-state index < -0.39 is 0 Å². The van der Waals surface area contributed by atoms with Crippen molar-refractivity contribution in [3.05, 3.63) is 45.4 Å². The van der Waals surface area contributed by atoms with Crippen LogP contribution in [0.2, 0.25) is 0 Å². The summed E-state index contributed by atoms with van der Waals surface area (Å²) in [5.41, 5.74) is 4.31. The molecule has 1 heterocycles. The van der Waals surface area contributed by atoms with E-state index in [1.807, 2.05) is 26.0 Å². The minimum atomic E-state index is 0.0429. The van der Waals surface area contributed by atoms with Crippen LogP contribution >= 0.6 is 11.3 Å². The number of carbonyl (C=O) groups excluding carboxylic acids is 1. The summed E-state index contributed by atoms with van der Waals surface area (Å²) < 4.78 is 0. The molecule has 4 heteroatoms. The number of thiazole rings is 1. The molecule has 3 nitrogen and oxygen atoms in total. The van der Waals surface area contributed by atoms with Crippen molar-refractivity contribution < 1.29 is 4.79 Å². The molecule has 0 bridgehead atoms. The largest absolute Gasteiger partial charge is 0.326 e. The second kappa shape index (κ2) is 6.85. The van der Waals surface area contributed by atoms with Gasteiger partial charge >= 0.3 is 0 Å². The summed E-state index contributed by atoms with van der Waals surface area (Å²) in [4.78, 5) is 16.6. The first-order valence-corrected chi connectivity index (χ1v) is 8.14. The molecular formula is C17H22N2OS. The Labute approximate surface area is 130 Å². The zero-order valence-corrected chi connectivity index (χ0v) is 13.9. The summed E-state index contributed by atoms with van der Waals surface area (Å²) in [5.74, 6) is 0.486. The van der Waals surface area contributed by atoms with E-state index in [1.54, 1.807) is 11.3 Å². The van der Waals surface area contributed by atoms with Crippen LogP contribution in [-0.4, -0.2) is 10.9 Å². The summed E-state index contributed by atoms with van der Waals surface area (Å²) in [6.45, 7) is 8.33. The van der Waals surface area contributed by atoms with Crippen LogP contribution in [0.25, 0.3) is 0 Å². The van der Waals surface area contributed by atoms with Gasteiger partial charge in [-0.25, -0.2) is 4.98 Å². The Bertz CT molecular complexity index is 611. The molecule has 1 aromatic heterocycles. The highest BCUT2D eigenvalue weighted by Gasteiger charge is 2.08. The van der Waals surface area contributed by atoms with Crippen molar-refractivity contribution in [3.63, 3.8) is 0 Å². The van der Waals surface area contributed by atoms with E-state index in [0.717, 1.165) is 27.5 Å². The minimum absolute atomic E-state index is 0.0429. The minimum Gasteiger partial charge on any atom is -0.326 e. The molecule has 0 radical (unpaired) electrons. The molecule has 1 amide bonds. The maximum absolute atomic E-state index is 12.0. The lowest BCUT2D eigenvalue weighted by atomic mass is 10.1. The fourth-order valence-corrected chi connectivity index (χ4v) is 3.16. The number of rotatable bonds is 5. The van der Waals surface area contributed by atoms with Crippen LogP contribution in [-0.2, 0) is 11.2 Å². The maximum Gasteiger partial charge on any atom is 0.224 e. The van der Waals surface area contributed by atoms with Gasteiger partial charge in [-0.2, -0.15) is 0 Å². The van der Waals surface area contributed by atoms with Crippen molar-refractivity contribution in [2.45, 2.75) is 46.5 Å². The normalized spacial score (nSPS) is 10.9. The van der Waals surface area contributed by atoms with Crippen molar-refractivity contribution >= 4 is 22.9 Å². The third-order valence-electron chi connectivity index (χ3n) is 3.23. The molecule has 1 aromatic carbocycles. The van der Waals surface area contributed by atoms with Crippen molar-refractivity contribution in [3.8, 4) is 0 Å². The second-order valence-electron chi connectivity index (χ2n) is 5.75. The van der Waals surface area contributed by atoms with Crippen LogP contribution in [0, 0.1) is 13.8 Å². The van der Waals surface area contributed by atoms with Crippen molar-refractivity contribution in [2.75, 3.05) is 5.32 Å². The van der Waals surface area contributed by atoms with Crippen molar-refractivity contribution in [1.29, 1.82) is 0 Å². The standard InChI is InChI=1S/C17H22N2OS/c1-11(2)15-10-21-17(19-15)6-5-16(20)18-14-8-12(3)7-13(4)9-14/h7-11H,5-6H2,1-4H3,(H,18,20). The van der Waals surface area contributed by atoms with Gasteiger partial charge in [-0.3, -0.25) is 4.79 Å². The number of nitrogens with one attached hydrogen (secondary N) is 1. The van der Waals surface area contributed by atoms with E-state index in [1.165, 1.54) is 0 Å². The van der Waals surface area contributed by atoms with Gasteiger partial charge in [0, 0.05) is 23.9 Å². The molecule has 0 aliphatic heterocycles. The predicted molar refractivity (Wildman–Crippen MR) is 89.1 cm³/mol. The average molecular weight is 302 g/mol. The lowest BCUT2D eigenvalue weighted by Crippen LogP contribution is -2.12. The Kier molecular flexibility index (Phi) is 5.12. The first-order chi connectivity index (χ1) is 9.94. The fourth-order valence-electron chi connectivity index (χ4n) is 2.20. The first-order valence-electron chi connectivity index (χ1n) is 7.26. The molecule has 0 spiro atoms. The van der Waals surface area contributed by atoms with Gasteiger partial charge in [0.25, 0.3) is 0 Å². The number of nitrogens with zero attached hydrogens (tertiary/aromatic N) is 1. The van der Waals surface area contributed by atoms with Crippen LogP contribution in [0.5, 0.6) is 0 Å². The molecule has 21 heavy (non-hydrogen) atoms. The smallest absolute Gasteiger partial charge is 0.224 e. The Morgan fingerprint density at radius 3 is 2.48 bits per heavy atom. The van der Waals surface area contributed by atoms with Gasteiger partial charge < -0.3 is 5.32 Å². The molecule has 0 aliphatic rings. The van der Waals surface area contributed by atoms with E-state index in [9.17, 15) is 4.79 Å². The number of hydrogen-bond acceptors (Lipinski definition) is 3. The summed E-state index contributed by atoms with van der Waals surface area (Å²) in [6.07, 6.45) is 1.17. The lowest BCUT2D eigenvalue weighted by Gasteiger charge is -2.07. The van der Waals surface area contributed by atoms with Gasteiger partial charge in [0.05, 0.1) is 10.7 Å². The molecular weight excluding hydrogens is 280 g/mol. The summed E-state index contributed by atoms with van der Waals surface area (Å²) in [5, 5.41) is 6.08. The van der Waals surface area contributed by atoms with E-state index in [2.05, 4.69) is 35.6 Å². The van der Waals surface area contributed by atoms with Crippen LogP contribution < -0.4 is 5.32 Å². The van der Waals surface area contributed by atoms with Crippen LogP contribution in [0.3, 0.4) is 0 Å². The Balaban J connectivity index is 1.89. The van der Waals surface area contributed by atoms with Gasteiger partial charge in [0.2, 0.25) is 5.91 Å². The molecule has 0 saturated carbocycles. The molecule has 0 aliphatic carbocycles. The monoisotopic (exact) mass is 302 g/mol. The fraction of sp³-hybridized carbons (Fsp3) is 0.412. The van der Waals surface area contributed by atoms with E-state index in [0.29, 0.717) is 18.8 Å². The maximum atomic E-state index is 12.0. The number of benzene rings is 1.